The van der Waals surface area contributed by atoms with E-state index in [1.807, 2.05) is 0 Å². The van der Waals surface area contributed by atoms with Crippen molar-refractivity contribution in [2.75, 3.05) is 6.54 Å². The van der Waals surface area contributed by atoms with E-state index in [0.717, 1.165) is 17.5 Å². The molecule has 1 saturated carbocycles. The smallest absolute Gasteiger partial charge is 0.177 e. The molecule has 0 aromatic heterocycles. The highest BCUT2D eigenvalue weighted by atomic mass is 16.1. The van der Waals surface area contributed by atoms with Crippen LogP contribution in [0.2, 0.25) is 0 Å². The van der Waals surface area contributed by atoms with Gasteiger partial charge in [0.2, 0.25) is 0 Å². The van der Waals surface area contributed by atoms with E-state index in [0.29, 0.717) is 18.4 Å². The first-order chi connectivity index (χ1) is 12.3. The topological polar surface area (TPSA) is 20.3 Å². The predicted octanol–water partition coefficient (Wildman–Crippen LogP) is 5.32. The minimum atomic E-state index is 0.300. The highest BCUT2D eigenvalue weighted by Gasteiger charge is 2.31. The molecule has 2 aliphatic rings. The summed E-state index contributed by atoms with van der Waals surface area (Å²) in [6.45, 7) is 1.50. The molecular formula is C23H23NO. The fourth-order valence-electron chi connectivity index (χ4n) is 4.92. The minimum Gasteiger partial charge on any atom is -0.293 e. The molecule has 1 fully saturated rings. The number of Topliss-reactive ketones (excluding diaryl/α,β-unsaturated/α-hetero) is 1. The quantitative estimate of drug-likeness (QED) is 0.563. The van der Waals surface area contributed by atoms with Gasteiger partial charge in [-0.3, -0.25) is 9.69 Å². The van der Waals surface area contributed by atoms with Gasteiger partial charge in [-0.05, 0) is 39.9 Å². The van der Waals surface area contributed by atoms with Crippen LogP contribution in [-0.2, 0) is 6.54 Å². The third-order valence-electron chi connectivity index (χ3n) is 6.12. The molecule has 25 heavy (non-hydrogen) atoms. The second-order valence-electron chi connectivity index (χ2n) is 7.56. The maximum absolute atomic E-state index is 13.2. The third-order valence-corrected chi connectivity index (χ3v) is 6.12. The summed E-state index contributed by atoms with van der Waals surface area (Å²) in [5, 5.41) is 4.86. The molecule has 1 heterocycles. The summed E-state index contributed by atoms with van der Waals surface area (Å²) >= 11 is 0. The summed E-state index contributed by atoms with van der Waals surface area (Å²) in [6, 6.07) is 17.6. The molecule has 126 valence electrons. The van der Waals surface area contributed by atoms with Crippen molar-refractivity contribution in [1.29, 1.82) is 0 Å². The van der Waals surface area contributed by atoms with Crippen molar-refractivity contribution < 1.29 is 4.79 Å². The van der Waals surface area contributed by atoms with Crippen molar-refractivity contribution in [3.05, 3.63) is 59.7 Å². The van der Waals surface area contributed by atoms with E-state index < -0.39 is 0 Å². The SMILES string of the molecule is O=C1CN(C2CCCCC2)Cc2c1c1ccccc1c1ccccc21. The number of nitrogens with zero attached hydrogens (tertiary/aromatic N) is 1. The van der Waals surface area contributed by atoms with Crippen LogP contribution in [0.15, 0.2) is 48.5 Å². The zero-order valence-electron chi connectivity index (χ0n) is 14.5. The molecule has 3 aromatic carbocycles. The Kier molecular flexibility index (Phi) is 3.60. The van der Waals surface area contributed by atoms with Crippen LogP contribution in [0, 0.1) is 0 Å². The maximum Gasteiger partial charge on any atom is 0.177 e. The summed E-state index contributed by atoms with van der Waals surface area (Å²) in [6.07, 6.45) is 6.45. The number of carbonyl (C=O) groups is 1. The summed E-state index contributed by atoms with van der Waals surface area (Å²) in [7, 11) is 0. The van der Waals surface area contributed by atoms with Crippen molar-refractivity contribution in [3.63, 3.8) is 0 Å². The van der Waals surface area contributed by atoms with Crippen molar-refractivity contribution in [1.82, 2.24) is 4.90 Å². The van der Waals surface area contributed by atoms with E-state index in [-0.39, 0.29) is 0 Å². The number of ketones is 1. The van der Waals surface area contributed by atoms with Gasteiger partial charge in [-0.15, -0.1) is 0 Å². The molecular weight excluding hydrogens is 306 g/mol. The van der Waals surface area contributed by atoms with Gasteiger partial charge in [0.15, 0.2) is 5.78 Å². The molecule has 0 saturated heterocycles. The summed E-state index contributed by atoms with van der Waals surface area (Å²) in [5.74, 6) is 0.300. The lowest BCUT2D eigenvalue weighted by atomic mass is 9.85. The lowest BCUT2D eigenvalue weighted by molar-refractivity contribution is 0.0809. The number of benzene rings is 3. The Balaban J connectivity index is 1.73. The molecule has 2 heteroatoms. The Labute approximate surface area is 148 Å². The molecule has 0 unspecified atom stereocenters. The predicted molar refractivity (Wildman–Crippen MR) is 103 cm³/mol. The fraction of sp³-hybridized carbons (Fsp3) is 0.348. The molecule has 1 aliphatic heterocycles. The number of carbonyl (C=O) groups excluding carboxylic acids is 1. The molecule has 0 atom stereocenters. The Morgan fingerprint density at radius 1 is 0.720 bits per heavy atom. The van der Waals surface area contributed by atoms with E-state index in [2.05, 4.69) is 53.4 Å². The van der Waals surface area contributed by atoms with E-state index in [1.54, 1.807) is 0 Å². The van der Waals surface area contributed by atoms with Gasteiger partial charge in [-0.25, -0.2) is 0 Å². The van der Waals surface area contributed by atoms with Gasteiger partial charge in [-0.2, -0.15) is 0 Å². The fourth-order valence-corrected chi connectivity index (χ4v) is 4.92. The highest BCUT2D eigenvalue weighted by Crippen LogP contribution is 2.37. The van der Waals surface area contributed by atoms with Crippen molar-refractivity contribution in [2.24, 2.45) is 0 Å². The van der Waals surface area contributed by atoms with Crippen LogP contribution in [-0.4, -0.2) is 23.3 Å². The van der Waals surface area contributed by atoms with E-state index in [1.165, 1.54) is 53.8 Å². The Morgan fingerprint density at radius 2 is 1.32 bits per heavy atom. The van der Waals surface area contributed by atoms with Crippen molar-refractivity contribution >= 4 is 27.3 Å². The standard InChI is InChI=1S/C23H23NO/c25-22-15-24(16-8-2-1-3-9-16)14-21-19-12-5-4-10-17(19)18-11-6-7-13-20(18)23(21)22/h4-7,10-13,16H,1-3,8-9,14-15H2. The summed E-state index contributed by atoms with van der Waals surface area (Å²) in [5.41, 5.74) is 2.22. The maximum atomic E-state index is 13.2. The lowest BCUT2D eigenvalue weighted by Gasteiger charge is -2.37. The number of rotatable bonds is 1. The lowest BCUT2D eigenvalue weighted by Crippen LogP contribution is -2.43. The average molecular weight is 329 g/mol. The van der Waals surface area contributed by atoms with Gasteiger partial charge in [0.25, 0.3) is 0 Å². The molecule has 2 nitrogen and oxygen atoms in total. The Morgan fingerprint density at radius 3 is 2.04 bits per heavy atom. The van der Waals surface area contributed by atoms with E-state index in [4.69, 9.17) is 0 Å². The average Bonchev–Trinajstić information content (AvgIpc) is 2.68. The van der Waals surface area contributed by atoms with Crippen LogP contribution in [0.1, 0.15) is 48.0 Å². The molecule has 3 aromatic rings. The van der Waals surface area contributed by atoms with Gasteiger partial charge in [0.05, 0.1) is 6.54 Å². The van der Waals surface area contributed by atoms with E-state index >= 15 is 0 Å². The number of fused-ring (bicyclic) bond motifs is 6. The van der Waals surface area contributed by atoms with Crippen LogP contribution in [0.4, 0.5) is 0 Å². The number of hydrogen-bond donors (Lipinski definition) is 0. The van der Waals surface area contributed by atoms with Crippen molar-refractivity contribution in [2.45, 2.75) is 44.7 Å². The molecule has 0 amide bonds. The van der Waals surface area contributed by atoms with Gasteiger partial charge in [-0.1, -0.05) is 67.8 Å². The van der Waals surface area contributed by atoms with Crippen molar-refractivity contribution in [3.8, 4) is 0 Å². The molecule has 0 N–H and O–H groups in total. The molecule has 0 bridgehead atoms. The van der Waals surface area contributed by atoms with Gasteiger partial charge >= 0.3 is 0 Å². The first kappa shape index (κ1) is 15.1. The zero-order valence-corrected chi connectivity index (χ0v) is 14.5. The Bertz CT molecular complexity index is 968. The first-order valence-electron chi connectivity index (χ1n) is 9.52. The zero-order chi connectivity index (χ0) is 16.8. The highest BCUT2D eigenvalue weighted by molar-refractivity contribution is 6.20. The number of hydrogen-bond acceptors (Lipinski definition) is 2. The van der Waals surface area contributed by atoms with Crippen LogP contribution < -0.4 is 0 Å². The van der Waals surface area contributed by atoms with E-state index in [9.17, 15) is 4.79 Å². The van der Waals surface area contributed by atoms with Crippen LogP contribution >= 0.6 is 0 Å². The molecule has 1 aliphatic carbocycles. The summed E-state index contributed by atoms with van der Waals surface area (Å²) < 4.78 is 0. The molecule has 5 rings (SSSR count). The first-order valence-corrected chi connectivity index (χ1v) is 9.52. The minimum absolute atomic E-state index is 0.300. The van der Waals surface area contributed by atoms with Crippen LogP contribution in [0.25, 0.3) is 21.5 Å². The second kappa shape index (κ2) is 5.96. The molecule has 0 spiro atoms. The van der Waals surface area contributed by atoms with Gasteiger partial charge in [0.1, 0.15) is 0 Å². The second-order valence-corrected chi connectivity index (χ2v) is 7.56. The monoisotopic (exact) mass is 329 g/mol. The van der Waals surface area contributed by atoms with Crippen LogP contribution in [0.3, 0.4) is 0 Å². The normalized spacial score (nSPS) is 19.4. The van der Waals surface area contributed by atoms with Crippen LogP contribution in [0.5, 0.6) is 0 Å². The summed E-state index contributed by atoms with van der Waals surface area (Å²) in [4.78, 5) is 15.6. The largest absolute Gasteiger partial charge is 0.293 e. The molecule has 0 radical (unpaired) electrons. The third kappa shape index (κ3) is 2.39. The Hall–Kier alpha value is -2.19. The van der Waals surface area contributed by atoms with Gasteiger partial charge < -0.3 is 0 Å². The van der Waals surface area contributed by atoms with Gasteiger partial charge in [0, 0.05) is 18.2 Å².